The lowest BCUT2D eigenvalue weighted by molar-refractivity contribution is -0.145. The first-order valence-electron chi connectivity index (χ1n) is 12.0. The molecule has 1 aromatic rings. The standard InChI is InChI=1S/C26H36N2O2/c1-4-26(30)12-11-24(2)18(15-26)5-6-19-20-7-8-22(25(20,3)10-9-21(19)24)23(29)16-28-14-13-27-17-28/h1,13-14,17-22,30H,5-12,15-16H2,2-3H3/t18-,19+,20+,21+,22-,24+,25+,26-/m1/s1. The van der Waals surface area contributed by atoms with E-state index in [9.17, 15) is 9.90 Å². The molecule has 4 heteroatoms. The highest BCUT2D eigenvalue weighted by Gasteiger charge is 2.61. The molecule has 8 atom stereocenters. The summed E-state index contributed by atoms with van der Waals surface area (Å²) in [5.41, 5.74) is -0.444. The molecule has 0 saturated heterocycles. The summed E-state index contributed by atoms with van der Waals surface area (Å²) in [5, 5.41) is 10.7. The molecule has 0 amide bonds. The van der Waals surface area contributed by atoms with Crippen LogP contribution < -0.4 is 0 Å². The van der Waals surface area contributed by atoms with Crippen molar-refractivity contribution in [2.75, 3.05) is 0 Å². The van der Waals surface area contributed by atoms with Crippen molar-refractivity contribution < 1.29 is 9.90 Å². The Hall–Kier alpha value is -1.60. The molecule has 4 fully saturated rings. The smallest absolute Gasteiger partial charge is 0.156 e. The molecular formula is C26H36N2O2. The van der Waals surface area contributed by atoms with Crippen molar-refractivity contribution in [3.8, 4) is 12.3 Å². The zero-order chi connectivity index (χ0) is 21.1. The molecule has 0 radical (unpaired) electrons. The summed E-state index contributed by atoms with van der Waals surface area (Å²) in [6.07, 6.45) is 20.7. The second kappa shape index (κ2) is 6.95. The van der Waals surface area contributed by atoms with Crippen LogP contribution in [0.1, 0.15) is 71.6 Å². The van der Waals surface area contributed by atoms with Crippen LogP contribution in [-0.2, 0) is 11.3 Å². The van der Waals surface area contributed by atoms with Crippen LogP contribution in [0.15, 0.2) is 18.7 Å². The van der Waals surface area contributed by atoms with Crippen LogP contribution in [0.3, 0.4) is 0 Å². The molecule has 4 aliphatic carbocycles. The predicted molar refractivity (Wildman–Crippen MR) is 116 cm³/mol. The Morgan fingerprint density at radius 3 is 2.67 bits per heavy atom. The van der Waals surface area contributed by atoms with Crippen LogP contribution in [0.5, 0.6) is 0 Å². The maximum Gasteiger partial charge on any atom is 0.156 e. The molecule has 0 aromatic carbocycles. The number of fused-ring (bicyclic) bond motifs is 5. The minimum atomic E-state index is -0.890. The highest BCUT2D eigenvalue weighted by atomic mass is 16.3. The quantitative estimate of drug-likeness (QED) is 0.751. The minimum absolute atomic E-state index is 0.149. The lowest BCUT2D eigenvalue weighted by Crippen LogP contribution is -2.56. The second-order valence-electron chi connectivity index (χ2n) is 11.4. The number of ketones is 1. The van der Waals surface area contributed by atoms with Crippen molar-refractivity contribution in [1.29, 1.82) is 0 Å². The number of carbonyl (C=O) groups excluding carboxylic acids is 1. The third-order valence-corrected chi connectivity index (χ3v) is 10.3. The number of hydrogen-bond acceptors (Lipinski definition) is 3. The van der Waals surface area contributed by atoms with Gasteiger partial charge in [0.1, 0.15) is 5.60 Å². The zero-order valence-corrected chi connectivity index (χ0v) is 18.5. The Balaban J connectivity index is 1.35. The number of Topliss-reactive ketones (excluding diaryl/α,β-unsaturated/α-hetero) is 1. The number of rotatable bonds is 3. The molecule has 4 aliphatic rings. The van der Waals surface area contributed by atoms with Crippen molar-refractivity contribution in [2.45, 2.75) is 83.8 Å². The van der Waals surface area contributed by atoms with Crippen LogP contribution in [0.25, 0.3) is 0 Å². The van der Waals surface area contributed by atoms with E-state index in [1.54, 1.807) is 12.5 Å². The lowest BCUT2D eigenvalue weighted by atomic mass is 9.44. The van der Waals surface area contributed by atoms with Gasteiger partial charge in [0.05, 0.1) is 12.9 Å². The number of aromatic nitrogens is 2. The van der Waals surface area contributed by atoms with Gasteiger partial charge in [-0.25, -0.2) is 4.98 Å². The fourth-order valence-electron chi connectivity index (χ4n) is 8.58. The number of terminal acetylenes is 1. The molecule has 4 saturated carbocycles. The average Bonchev–Trinajstić information content (AvgIpc) is 3.35. The summed E-state index contributed by atoms with van der Waals surface area (Å²) < 4.78 is 1.92. The van der Waals surface area contributed by atoms with E-state index < -0.39 is 5.60 Å². The number of aliphatic hydroxyl groups is 1. The van der Waals surface area contributed by atoms with Crippen LogP contribution in [0.4, 0.5) is 0 Å². The number of carbonyl (C=O) groups is 1. The van der Waals surface area contributed by atoms with Crippen LogP contribution in [0.2, 0.25) is 0 Å². The highest BCUT2D eigenvalue weighted by molar-refractivity contribution is 5.82. The maximum atomic E-state index is 13.2. The van der Waals surface area contributed by atoms with Crippen molar-refractivity contribution in [1.82, 2.24) is 9.55 Å². The summed E-state index contributed by atoms with van der Waals surface area (Å²) in [5.74, 6) is 5.94. The lowest BCUT2D eigenvalue weighted by Gasteiger charge is -2.61. The molecule has 1 heterocycles. The summed E-state index contributed by atoms with van der Waals surface area (Å²) >= 11 is 0. The van der Waals surface area contributed by atoms with E-state index in [0.717, 1.165) is 37.5 Å². The van der Waals surface area contributed by atoms with Gasteiger partial charge in [0, 0.05) is 18.3 Å². The number of hydrogen-bond donors (Lipinski definition) is 1. The zero-order valence-electron chi connectivity index (χ0n) is 18.5. The highest BCUT2D eigenvalue weighted by Crippen LogP contribution is 2.68. The summed E-state index contributed by atoms with van der Waals surface area (Å²) in [7, 11) is 0. The summed E-state index contributed by atoms with van der Waals surface area (Å²) in [6.45, 7) is 5.37. The predicted octanol–water partition coefficient (Wildman–Crippen LogP) is 4.48. The van der Waals surface area contributed by atoms with Gasteiger partial charge in [-0.05, 0) is 92.3 Å². The topological polar surface area (TPSA) is 55.1 Å². The van der Waals surface area contributed by atoms with E-state index in [2.05, 4.69) is 24.8 Å². The maximum absolute atomic E-state index is 13.2. The monoisotopic (exact) mass is 408 g/mol. The molecule has 0 unspecified atom stereocenters. The Kier molecular flexibility index (Phi) is 4.71. The molecule has 0 bridgehead atoms. The second-order valence-corrected chi connectivity index (χ2v) is 11.4. The van der Waals surface area contributed by atoms with Crippen molar-refractivity contribution in [3.63, 3.8) is 0 Å². The third-order valence-electron chi connectivity index (χ3n) is 10.3. The Morgan fingerprint density at radius 1 is 1.13 bits per heavy atom. The molecule has 162 valence electrons. The van der Waals surface area contributed by atoms with Gasteiger partial charge in [0.25, 0.3) is 0 Å². The molecule has 0 aliphatic heterocycles. The minimum Gasteiger partial charge on any atom is -0.378 e. The largest absolute Gasteiger partial charge is 0.378 e. The van der Waals surface area contributed by atoms with Gasteiger partial charge in [-0.15, -0.1) is 6.42 Å². The summed E-state index contributed by atoms with van der Waals surface area (Å²) in [6, 6.07) is 0. The van der Waals surface area contributed by atoms with E-state index >= 15 is 0 Å². The molecule has 1 N–H and O–H groups in total. The fraction of sp³-hybridized carbons (Fsp3) is 0.769. The first-order valence-corrected chi connectivity index (χ1v) is 12.0. The molecule has 1 aromatic heterocycles. The molecule has 5 rings (SSSR count). The fourth-order valence-corrected chi connectivity index (χ4v) is 8.58. The van der Waals surface area contributed by atoms with Crippen molar-refractivity contribution >= 4 is 5.78 Å². The third kappa shape index (κ3) is 2.92. The van der Waals surface area contributed by atoms with Crippen molar-refractivity contribution in [3.05, 3.63) is 18.7 Å². The van der Waals surface area contributed by atoms with Gasteiger partial charge in [0.15, 0.2) is 5.78 Å². The van der Waals surface area contributed by atoms with Crippen molar-refractivity contribution in [2.24, 2.45) is 40.4 Å². The van der Waals surface area contributed by atoms with E-state index in [0.29, 0.717) is 29.6 Å². The first-order chi connectivity index (χ1) is 14.3. The van der Waals surface area contributed by atoms with Crippen LogP contribution >= 0.6 is 0 Å². The van der Waals surface area contributed by atoms with Gasteiger partial charge in [-0.2, -0.15) is 0 Å². The van der Waals surface area contributed by atoms with E-state index in [4.69, 9.17) is 6.42 Å². The first kappa shape index (κ1) is 20.3. The normalized spacial score (nSPS) is 47.6. The van der Waals surface area contributed by atoms with Gasteiger partial charge >= 0.3 is 0 Å². The van der Waals surface area contributed by atoms with Gasteiger partial charge in [-0.1, -0.05) is 19.8 Å². The Bertz CT molecular complexity index is 857. The Labute approximate surface area is 180 Å². The number of nitrogens with zero attached hydrogens (tertiary/aromatic N) is 2. The number of imidazole rings is 1. The van der Waals surface area contributed by atoms with E-state index in [1.807, 2.05) is 10.8 Å². The Morgan fingerprint density at radius 2 is 1.93 bits per heavy atom. The summed E-state index contributed by atoms with van der Waals surface area (Å²) in [4.78, 5) is 17.3. The van der Waals surface area contributed by atoms with Crippen LogP contribution in [-0.4, -0.2) is 26.0 Å². The van der Waals surface area contributed by atoms with Gasteiger partial charge < -0.3 is 9.67 Å². The SMILES string of the molecule is C#C[C@@]1(O)CC[C@@]2(C)[C@H](CC[C@@H]3[C@@H]2CC[C@]2(C)[C@@H](C(=O)Cn4ccnc4)CC[C@@H]32)C1. The van der Waals surface area contributed by atoms with E-state index in [-0.39, 0.29) is 11.3 Å². The molecule has 0 spiro atoms. The van der Waals surface area contributed by atoms with Gasteiger partial charge in [0.2, 0.25) is 0 Å². The van der Waals surface area contributed by atoms with Crippen LogP contribution in [0, 0.1) is 52.8 Å². The molecular weight excluding hydrogens is 372 g/mol. The van der Waals surface area contributed by atoms with E-state index in [1.165, 1.54) is 32.1 Å². The van der Waals surface area contributed by atoms with Gasteiger partial charge in [-0.3, -0.25) is 4.79 Å². The molecule has 4 nitrogen and oxygen atoms in total. The molecule has 30 heavy (non-hydrogen) atoms. The average molecular weight is 409 g/mol.